The Morgan fingerprint density at radius 2 is 1.47 bits per heavy atom. The zero-order valence-electron chi connectivity index (χ0n) is 16.4. The predicted octanol–water partition coefficient (Wildman–Crippen LogP) is -3.02. The van der Waals surface area contributed by atoms with Gasteiger partial charge < -0.3 is 37.6 Å². The molecule has 0 fully saturated rings. The molecule has 3 atom stereocenters. The van der Waals surface area contributed by atoms with Gasteiger partial charge in [0.05, 0.1) is 13.0 Å². The lowest BCUT2D eigenvalue weighted by atomic mass is 10.1. The normalized spacial score (nSPS) is 13.4. The molecule has 0 bridgehead atoms. The van der Waals surface area contributed by atoms with Crippen molar-refractivity contribution in [3.05, 3.63) is 0 Å². The summed E-state index contributed by atoms with van der Waals surface area (Å²) in [5.74, 6) is -5.67. The highest BCUT2D eigenvalue weighted by Gasteiger charge is 2.30. The second kappa shape index (κ2) is 14.2. The lowest BCUT2D eigenvalue weighted by molar-refractivity contribution is -0.142. The Hall–Kier alpha value is -2.87. The van der Waals surface area contributed by atoms with E-state index in [1.807, 2.05) is 0 Å². The van der Waals surface area contributed by atoms with Crippen LogP contribution >= 0.6 is 11.8 Å². The molecule has 0 saturated heterocycles. The average Bonchev–Trinajstić information content (AvgIpc) is 2.66. The Kier molecular flexibility index (Phi) is 12.8. The molecule has 4 amide bonds. The third-order valence-electron chi connectivity index (χ3n) is 3.75. The number of thioether (sulfide) groups is 1. The van der Waals surface area contributed by atoms with Gasteiger partial charge in [-0.25, -0.2) is 4.79 Å². The number of hydrogen-bond donors (Lipinski definition) is 7. The van der Waals surface area contributed by atoms with Crippen LogP contribution in [0.5, 0.6) is 0 Å². The number of carboxylic acids is 2. The highest BCUT2D eigenvalue weighted by atomic mass is 32.2. The van der Waals surface area contributed by atoms with E-state index in [-0.39, 0.29) is 12.8 Å². The van der Waals surface area contributed by atoms with Gasteiger partial charge in [0, 0.05) is 6.42 Å². The lowest BCUT2D eigenvalue weighted by Gasteiger charge is -2.23. The first-order valence-electron chi connectivity index (χ1n) is 8.83. The van der Waals surface area contributed by atoms with Crippen molar-refractivity contribution >= 4 is 47.3 Å². The Morgan fingerprint density at radius 3 is 1.93 bits per heavy atom. The minimum absolute atomic E-state index is 0.104. The molecule has 0 heterocycles. The van der Waals surface area contributed by atoms with Gasteiger partial charge in [-0.2, -0.15) is 11.8 Å². The molecule has 0 aliphatic heterocycles. The second-order valence-corrected chi connectivity index (χ2v) is 7.15. The third-order valence-corrected chi connectivity index (χ3v) is 4.39. The first-order chi connectivity index (χ1) is 14.0. The summed E-state index contributed by atoms with van der Waals surface area (Å²) in [6.45, 7) is -0.461. The lowest BCUT2D eigenvalue weighted by Crippen LogP contribution is -2.57. The van der Waals surface area contributed by atoms with Crippen LogP contribution in [0.1, 0.15) is 25.7 Å². The molecule has 3 unspecified atom stereocenters. The number of amides is 4. The molecule has 170 valence electrons. The molecule has 0 aromatic rings. The smallest absolute Gasteiger partial charge is 0.326 e. The van der Waals surface area contributed by atoms with E-state index in [0.717, 1.165) is 0 Å². The van der Waals surface area contributed by atoms with Crippen molar-refractivity contribution in [3.63, 3.8) is 0 Å². The van der Waals surface area contributed by atoms with Crippen LogP contribution < -0.4 is 27.4 Å². The summed E-state index contributed by atoms with van der Waals surface area (Å²) >= 11 is 1.37. The van der Waals surface area contributed by atoms with Gasteiger partial charge in [-0.3, -0.25) is 24.0 Å². The number of carbonyl (C=O) groups excluding carboxylic acids is 4. The van der Waals surface area contributed by atoms with Crippen molar-refractivity contribution in [2.45, 2.75) is 43.8 Å². The van der Waals surface area contributed by atoms with Gasteiger partial charge in [-0.15, -0.1) is 0 Å². The van der Waals surface area contributed by atoms with Crippen molar-refractivity contribution in [1.29, 1.82) is 0 Å². The summed E-state index contributed by atoms with van der Waals surface area (Å²) in [6.07, 6.45) is 0.453. The van der Waals surface area contributed by atoms with Gasteiger partial charge >= 0.3 is 11.9 Å². The third kappa shape index (κ3) is 11.2. The van der Waals surface area contributed by atoms with Gasteiger partial charge in [0.25, 0.3) is 0 Å². The Labute approximate surface area is 176 Å². The molecule has 0 aliphatic rings. The van der Waals surface area contributed by atoms with Gasteiger partial charge in [-0.1, -0.05) is 0 Å². The number of rotatable bonds is 15. The van der Waals surface area contributed by atoms with Crippen LogP contribution in [0.4, 0.5) is 0 Å². The van der Waals surface area contributed by atoms with E-state index in [0.29, 0.717) is 5.75 Å². The summed E-state index contributed by atoms with van der Waals surface area (Å²) in [4.78, 5) is 69.8. The van der Waals surface area contributed by atoms with Crippen molar-refractivity contribution < 1.29 is 39.0 Å². The fourth-order valence-electron chi connectivity index (χ4n) is 2.24. The van der Waals surface area contributed by atoms with Crippen LogP contribution in [0.25, 0.3) is 0 Å². The fraction of sp³-hybridized carbons (Fsp3) is 0.625. The number of hydrogen-bond acceptors (Lipinski definition) is 8. The first kappa shape index (κ1) is 27.1. The van der Waals surface area contributed by atoms with Crippen LogP contribution in [0.15, 0.2) is 0 Å². The molecular formula is C16H27N5O8S. The zero-order chi connectivity index (χ0) is 23.3. The van der Waals surface area contributed by atoms with E-state index in [1.54, 1.807) is 6.26 Å². The molecule has 0 radical (unpaired) electrons. The van der Waals surface area contributed by atoms with Gasteiger partial charge in [-0.05, 0) is 24.9 Å². The maximum Gasteiger partial charge on any atom is 0.326 e. The second-order valence-electron chi connectivity index (χ2n) is 6.17. The number of primary amides is 1. The van der Waals surface area contributed by atoms with E-state index in [1.165, 1.54) is 11.8 Å². The van der Waals surface area contributed by atoms with Gasteiger partial charge in [0.2, 0.25) is 23.6 Å². The molecule has 30 heavy (non-hydrogen) atoms. The maximum absolute atomic E-state index is 12.5. The summed E-state index contributed by atoms with van der Waals surface area (Å²) in [6, 6.07) is -4.11. The minimum Gasteiger partial charge on any atom is -0.481 e. The Bertz CT molecular complexity index is 660. The summed E-state index contributed by atoms with van der Waals surface area (Å²) < 4.78 is 0. The van der Waals surface area contributed by atoms with Gasteiger partial charge in [0.1, 0.15) is 18.1 Å². The predicted molar refractivity (Wildman–Crippen MR) is 106 cm³/mol. The van der Waals surface area contributed by atoms with Crippen LogP contribution in [0.2, 0.25) is 0 Å². The van der Waals surface area contributed by atoms with Gasteiger partial charge in [0.15, 0.2) is 0 Å². The monoisotopic (exact) mass is 449 g/mol. The summed E-state index contributed by atoms with van der Waals surface area (Å²) in [7, 11) is 0. The highest BCUT2D eigenvalue weighted by Crippen LogP contribution is 2.04. The molecular weight excluding hydrogens is 422 g/mol. The van der Waals surface area contributed by atoms with Crippen LogP contribution in [0, 0.1) is 0 Å². The maximum atomic E-state index is 12.5. The minimum atomic E-state index is -1.52. The number of nitrogens with one attached hydrogen (secondary N) is 3. The zero-order valence-corrected chi connectivity index (χ0v) is 17.2. The molecule has 0 spiro atoms. The molecule has 0 rings (SSSR count). The SMILES string of the molecule is CSCCC(NC(=O)C(CC(N)=O)NC(=O)C(CCC(=O)O)NC(=O)CN)C(=O)O. The van der Waals surface area contributed by atoms with Crippen molar-refractivity contribution in [2.75, 3.05) is 18.6 Å². The van der Waals surface area contributed by atoms with E-state index in [4.69, 9.17) is 16.6 Å². The number of aliphatic carboxylic acids is 2. The van der Waals surface area contributed by atoms with E-state index < -0.39 is 73.1 Å². The average molecular weight is 449 g/mol. The van der Waals surface area contributed by atoms with E-state index in [2.05, 4.69) is 16.0 Å². The molecule has 0 aromatic heterocycles. The molecule has 0 saturated carbocycles. The quantitative estimate of drug-likeness (QED) is 0.134. The molecule has 13 nitrogen and oxygen atoms in total. The molecule has 0 aliphatic carbocycles. The van der Waals surface area contributed by atoms with Crippen LogP contribution in [-0.2, 0) is 28.8 Å². The van der Waals surface area contributed by atoms with Crippen LogP contribution in [0.3, 0.4) is 0 Å². The molecule has 9 N–H and O–H groups in total. The summed E-state index contributed by atoms with van der Waals surface area (Å²) in [5, 5.41) is 24.7. The standard InChI is InChI=1S/C16H27N5O8S/c1-30-5-4-9(16(28)29)20-15(27)10(6-11(18)22)21-14(26)8(2-3-13(24)25)19-12(23)7-17/h8-10H,2-7,17H2,1H3,(H2,18,22)(H,19,23)(H,20,27)(H,21,26)(H,24,25)(H,28,29). The Balaban J connectivity index is 5.36. The Morgan fingerprint density at radius 1 is 0.900 bits per heavy atom. The largest absolute Gasteiger partial charge is 0.481 e. The van der Waals surface area contributed by atoms with E-state index >= 15 is 0 Å². The van der Waals surface area contributed by atoms with Crippen LogP contribution in [-0.4, -0.2) is 82.5 Å². The number of nitrogens with two attached hydrogens (primary N) is 2. The van der Waals surface area contributed by atoms with E-state index in [9.17, 15) is 33.9 Å². The van der Waals surface area contributed by atoms with Crippen molar-refractivity contribution in [2.24, 2.45) is 11.5 Å². The van der Waals surface area contributed by atoms with Crippen molar-refractivity contribution in [3.8, 4) is 0 Å². The summed E-state index contributed by atoms with van der Waals surface area (Å²) in [5.41, 5.74) is 10.3. The number of carboxylic acid groups (broad SMARTS) is 2. The molecule has 14 heteroatoms. The number of carbonyl (C=O) groups is 6. The first-order valence-corrected chi connectivity index (χ1v) is 10.2. The van der Waals surface area contributed by atoms with Crippen molar-refractivity contribution in [1.82, 2.24) is 16.0 Å². The molecule has 0 aromatic carbocycles. The highest BCUT2D eigenvalue weighted by molar-refractivity contribution is 7.98. The fourth-order valence-corrected chi connectivity index (χ4v) is 2.71. The topological polar surface area (TPSA) is 231 Å².